The van der Waals surface area contributed by atoms with Gasteiger partial charge < -0.3 is 15.7 Å². The Labute approximate surface area is 123 Å². The molecule has 0 heterocycles. The Bertz CT molecular complexity index is 479. The zero-order chi connectivity index (χ0) is 15.1. The Kier molecular flexibility index (Phi) is 6.48. The predicted octanol–water partition coefficient (Wildman–Crippen LogP) is 1.20. The molecule has 2 unspecified atom stereocenters. The van der Waals surface area contributed by atoms with Gasteiger partial charge in [0.2, 0.25) is 5.91 Å². The number of rotatable bonds is 6. The highest BCUT2D eigenvalue weighted by Gasteiger charge is 2.14. The summed E-state index contributed by atoms with van der Waals surface area (Å²) in [6.45, 7) is 3.51. The van der Waals surface area contributed by atoms with Gasteiger partial charge in [0.15, 0.2) is 0 Å². The molecule has 5 nitrogen and oxygen atoms in total. The maximum Gasteiger partial charge on any atom is 0.251 e. The third-order valence-electron chi connectivity index (χ3n) is 3.03. The number of amides is 2. The first-order valence-electron chi connectivity index (χ1n) is 6.38. The largest absolute Gasteiger partial charge is 0.396 e. The maximum absolute atomic E-state index is 11.8. The number of nitrogens with one attached hydrogen (secondary N) is 2. The number of hydrogen-bond acceptors (Lipinski definition) is 3. The van der Waals surface area contributed by atoms with Gasteiger partial charge in [-0.15, -0.1) is 0 Å². The molecule has 0 radical (unpaired) electrons. The lowest BCUT2D eigenvalue weighted by molar-refractivity contribution is -0.121. The molecule has 6 heteroatoms. The van der Waals surface area contributed by atoms with E-state index in [1.807, 2.05) is 6.92 Å². The lowest BCUT2D eigenvalue weighted by atomic mass is 10.1. The van der Waals surface area contributed by atoms with Crippen LogP contribution >= 0.6 is 11.6 Å². The van der Waals surface area contributed by atoms with Crippen LogP contribution in [0.5, 0.6) is 0 Å². The quantitative estimate of drug-likeness (QED) is 0.738. The number of benzene rings is 1. The van der Waals surface area contributed by atoms with Crippen LogP contribution in [0.15, 0.2) is 24.3 Å². The summed E-state index contributed by atoms with van der Waals surface area (Å²) in [5, 5.41) is 14.7. The number of aliphatic hydroxyl groups is 1. The lowest BCUT2D eigenvalue weighted by Gasteiger charge is -2.19. The zero-order valence-electron chi connectivity index (χ0n) is 11.5. The second-order valence-electron chi connectivity index (χ2n) is 4.71. The van der Waals surface area contributed by atoms with Crippen LogP contribution in [0.2, 0.25) is 5.02 Å². The Morgan fingerprint density at radius 1 is 1.35 bits per heavy atom. The van der Waals surface area contributed by atoms with Crippen LogP contribution in [0, 0.1) is 5.92 Å². The Morgan fingerprint density at radius 3 is 2.65 bits per heavy atom. The van der Waals surface area contributed by atoms with Crippen LogP contribution in [0.1, 0.15) is 24.2 Å². The van der Waals surface area contributed by atoms with Gasteiger partial charge in [0.05, 0.1) is 6.54 Å². The normalized spacial score (nSPS) is 13.4. The Hall–Kier alpha value is -1.59. The Balaban J connectivity index is 2.43. The van der Waals surface area contributed by atoms with Crippen molar-refractivity contribution < 1.29 is 14.7 Å². The molecular formula is C14H19ClN2O3. The number of halogens is 1. The molecule has 0 aromatic heterocycles. The maximum atomic E-state index is 11.8. The minimum Gasteiger partial charge on any atom is -0.396 e. The topological polar surface area (TPSA) is 78.4 Å². The molecule has 0 saturated heterocycles. The first-order chi connectivity index (χ1) is 9.43. The predicted molar refractivity (Wildman–Crippen MR) is 77.6 cm³/mol. The summed E-state index contributed by atoms with van der Waals surface area (Å²) in [5.41, 5.74) is 0.405. The van der Waals surface area contributed by atoms with Gasteiger partial charge in [0, 0.05) is 23.2 Å². The molecule has 0 aliphatic carbocycles. The van der Waals surface area contributed by atoms with Crippen LogP contribution in [0.4, 0.5) is 0 Å². The summed E-state index contributed by atoms with van der Waals surface area (Å²) >= 11 is 5.79. The van der Waals surface area contributed by atoms with Crippen molar-refractivity contribution in [3.8, 4) is 0 Å². The third-order valence-corrected chi connectivity index (χ3v) is 3.26. The van der Waals surface area contributed by atoms with Crippen molar-refractivity contribution in [2.24, 2.45) is 5.92 Å². The van der Waals surface area contributed by atoms with Crippen molar-refractivity contribution in [3.63, 3.8) is 0 Å². The highest BCUT2D eigenvalue weighted by atomic mass is 35.5. The molecular weight excluding hydrogens is 280 g/mol. The van der Waals surface area contributed by atoms with E-state index < -0.39 is 0 Å². The molecule has 0 aliphatic heterocycles. The van der Waals surface area contributed by atoms with E-state index in [4.69, 9.17) is 16.7 Å². The minimum absolute atomic E-state index is 0.00365. The number of carbonyl (C=O) groups excluding carboxylic acids is 2. The minimum atomic E-state index is -0.356. The van der Waals surface area contributed by atoms with Crippen LogP contribution < -0.4 is 10.6 Å². The van der Waals surface area contributed by atoms with E-state index in [1.54, 1.807) is 25.1 Å². The van der Waals surface area contributed by atoms with Crippen molar-refractivity contribution in [3.05, 3.63) is 34.9 Å². The standard InChI is InChI=1S/C14H19ClN2O3/c1-9(8-18)10(2)17-13(19)7-16-14(20)11-4-3-5-12(15)6-11/h3-6,9-10,18H,7-8H2,1-2H3,(H,16,20)(H,17,19). The average molecular weight is 299 g/mol. The first-order valence-corrected chi connectivity index (χ1v) is 6.75. The van der Waals surface area contributed by atoms with Gasteiger partial charge in [-0.2, -0.15) is 0 Å². The summed E-state index contributed by atoms with van der Waals surface area (Å²) < 4.78 is 0. The van der Waals surface area contributed by atoms with Crippen LogP contribution in [0.3, 0.4) is 0 Å². The van der Waals surface area contributed by atoms with Gasteiger partial charge in [0.1, 0.15) is 0 Å². The van der Waals surface area contributed by atoms with Crippen LogP contribution in [-0.4, -0.2) is 36.1 Å². The molecule has 20 heavy (non-hydrogen) atoms. The lowest BCUT2D eigenvalue weighted by Crippen LogP contribution is -2.43. The summed E-state index contributed by atoms with van der Waals surface area (Å²) in [6, 6.07) is 6.34. The second-order valence-corrected chi connectivity index (χ2v) is 5.15. The molecule has 3 N–H and O–H groups in total. The number of carbonyl (C=O) groups is 2. The van der Waals surface area contributed by atoms with Crippen molar-refractivity contribution >= 4 is 23.4 Å². The van der Waals surface area contributed by atoms with E-state index in [0.717, 1.165) is 0 Å². The zero-order valence-corrected chi connectivity index (χ0v) is 12.3. The van der Waals surface area contributed by atoms with Crippen molar-refractivity contribution in [1.29, 1.82) is 0 Å². The van der Waals surface area contributed by atoms with E-state index in [-0.39, 0.29) is 36.9 Å². The number of hydrogen-bond donors (Lipinski definition) is 3. The smallest absolute Gasteiger partial charge is 0.251 e. The monoisotopic (exact) mass is 298 g/mol. The van der Waals surface area contributed by atoms with Gasteiger partial charge in [-0.1, -0.05) is 24.6 Å². The van der Waals surface area contributed by atoms with Gasteiger partial charge in [-0.05, 0) is 31.0 Å². The fraction of sp³-hybridized carbons (Fsp3) is 0.429. The highest BCUT2D eigenvalue weighted by molar-refractivity contribution is 6.30. The van der Waals surface area contributed by atoms with Gasteiger partial charge in [-0.3, -0.25) is 9.59 Å². The SMILES string of the molecule is CC(CO)C(C)NC(=O)CNC(=O)c1cccc(Cl)c1. The fourth-order valence-electron chi connectivity index (χ4n) is 1.50. The van der Waals surface area contributed by atoms with E-state index in [9.17, 15) is 9.59 Å². The van der Waals surface area contributed by atoms with Gasteiger partial charge in [0.25, 0.3) is 5.91 Å². The van der Waals surface area contributed by atoms with Gasteiger partial charge in [-0.25, -0.2) is 0 Å². The molecule has 0 saturated carbocycles. The summed E-state index contributed by atoms with van der Waals surface area (Å²) in [4.78, 5) is 23.4. The molecule has 2 amide bonds. The summed E-state index contributed by atoms with van der Waals surface area (Å²) in [5.74, 6) is -0.693. The summed E-state index contributed by atoms with van der Waals surface area (Å²) in [7, 11) is 0. The van der Waals surface area contributed by atoms with E-state index in [0.29, 0.717) is 10.6 Å². The van der Waals surface area contributed by atoms with E-state index in [2.05, 4.69) is 10.6 Å². The molecule has 1 aromatic carbocycles. The average Bonchev–Trinajstić information content (AvgIpc) is 2.43. The Morgan fingerprint density at radius 2 is 2.05 bits per heavy atom. The molecule has 2 atom stereocenters. The van der Waals surface area contributed by atoms with Crippen LogP contribution in [-0.2, 0) is 4.79 Å². The van der Waals surface area contributed by atoms with Crippen molar-refractivity contribution in [1.82, 2.24) is 10.6 Å². The molecule has 1 aromatic rings. The molecule has 1 rings (SSSR count). The molecule has 0 bridgehead atoms. The molecule has 0 fully saturated rings. The van der Waals surface area contributed by atoms with Crippen molar-refractivity contribution in [2.45, 2.75) is 19.9 Å². The van der Waals surface area contributed by atoms with E-state index >= 15 is 0 Å². The van der Waals surface area contributed by atoms with Crippen molar-refractivity contribution in [2.75, 3.05) is 13.2 Å². The van der Waals surface area contributed by atoms with Crippen LogP contribution in [0.25, 0.3) is 0 Å². The second kappa shape index (κ2) is 7.87. The van der Waals surface area contributed by atoms with E-state index in [1.165, 1.54) is 6.07 Å². The molecule has 110 valence electrons. The molecule has 0 aliphatic rings. The summed E-state index contributed by atoms with van der Waals surface area (Å²) in [6.07, 6.45) is 0. The first kappa shape index (κ1) is 16.5. The molecule has 0 spiro atoms. The number of aliphatic hydroxyl groups excluding tert-OH is 1. The fourth-order valence-corrected chi connectivity index (χ4v) is 1.69. The third kappa shape index (κ3) is 5.19. The van der Waals surface area contributed by atoms with Gasteiger partial charge >= 0.3 is 0 Å². The highest BCUT2D eigenvalue weighted by Crippen LogP contribution is 2.10.